The van der Waals surface area contributed by atoms with Gasteiger partial charge in [0, 0.05) is 38.9 Å². The monoisotopic (exact) mass is 792 g/mol. The highest BCUT2D eigenvalue weighted by Crippen LogP contribution is 2.13. The van der Waals surface area contributed by atoms with Gasteiger partial charge in [0.2, 0.25) is 23.6 Å². The minimum absolute atomic E-state index is 0.0301. The molecule has 320 valence electrons. The van der Waals surface area contributed by atoms with E-state index in [9.17, 15) is 33.9 Å². The van der Waals surface area contributed by atoms with E-state index in [1.807, 2.05) is 0 Å². The Labute approximate surface area is 325 Å². The van der Waals surface area contributed by atoms with Gasteiger partial charge in [-0.15, -0.1) is 0 Å². The highest BCUT2D eigenvalue weighted by atomic mass is 16.5. The molecule has 0 saturated carbocycles. The van der Waals surface area contributed by atoms with Crippen LogP contribution in [-0.2, 0) is 52.5 Å². The van der Waals surface area contributed by atoms with Crippen LogP contribution < -0.4 is 21.3 Å². The van der Waals surface area contributed by atoms with E-state index >= 15 is 0 Å². The fourth-order valence-electron chi connectivity index (χ4n) is 5.04. The van der Waals surface area contributed by atoms with Gasteiger partial charge in [-0.3, -0.25) is 24.0 Å². The van der Waals surface area contributed by atoms with Crippen LogP contribution in [0.1, 0.15) is 103 Å². The SMILES string of the molecule is O=C(O)CCCCCCCCCCCCCCC(=O)NC(CCC(=O)NCCOCCOCC(=O)NCCOCCOCC(=O)NCCOCCO)C(=O)O. The maximum absolute atomic E-state index is 12.3. The number of ether oxygens (including phenoxy) is 5. The van der Waals surface area contributed by atoms with Crippen LogP contribution in [0.2, 0.25) is 0 Å². The third kappa shape index (κ3) is 38.6. The van der Waals surface area contributed by atoms with Crippen molar-refractivity contribution in [3.63, 3.8) is 0 Å². The Hall–Kier alpha value is -3.42. The van der Waals surface area contributed by atoms with Gasteiger partial charge in [0.25, 0.3) is 0 Å². The van der Waals surface area contributed by atoms with Crippen LogP contribution in [0.5, 0.6) is 0 Å². The molecule has 0 aromatic carbocycles. The zero-order valence-electron chi connectivity index (χ0n) is 32.6. The third-order valence-corrected chi connectivity index (χ3v) is 7.99. The number of amides is 4. The molecule has 18 heteroatoms. The summed E-state index contributed by atoms with van der Waals surface area (Å²) in [6, 6.07) is -1.14. The third-order valence-electron chi connectivity index (χ3n) is 7.99. The number of carbonyl (C=O) groups excluding carboxylic acids is 4. The molecule has 7 N–H and O–H groups in total. The molecule has 1 atom stereocenters. The van der Waals surface area contributed by atoms with Gasteiger partial charge in [-0.05, 0) is 19.3 Å². The molecule has 1 unspecified atom stereocenters. The Kier molecular flexibility index (Phi) is 36.4. The summed E-state index contributed by atoms with van der Waals surface area (Å²) in [5, 5.41) is 37.1. The average molecular weight is 793 g/mol. The van der Waals surface area contributed by atoms with E-state index in [-0.39, 0.29) is 128 Å². The van der Waals surface area contributed by atoms with Crippen molar-refractivity contribution in [3.05, 3.63) is 0 Å². The van der Waals surface area contributed by atoms with Crippen LogP contribution in [0.15, 0.2) is 0 Å². The molecular weight excluding hydrogens is 724 g/mol. The molecule has 0 spiro atoms. The second-order valence-electron chi connectivity index (χ2n) is 12.8. The Bertz CT molecular complexity index is 1020. The highest BCUT2D eigenvalue weighted by molar-refractivity contribution is 5.84. The predicted octanol–water partition coefficient (Wildman–Crippen LogP) is 1.31. The molecule has 55 heavy (non-hydrogen) atoms. The summed E-state index contributed by atoms with van der Waals surface area (Å²) in [7, 11) is 0. The molecule has 0 heterocycles. The molecule has 0 saturated heterocycles. The van der Waals surface area contributed by atoms with Crippen LogP contribution >= 0.6 is 0 Å². The Morgan fingerprint density at radius 3 is 1.27 bits per heavy atom. The molecule has 18 nitrogen and oxygen atoms in total. The first-order valence-corrected chi connectivity index (χ1v) is 19.7. The summed E-state index contributed by atoms with van der Waals surface area (Å²) in [5.41, 5.74) is 0. The molecule has 0 rings (SSSR count). The molecule has 0 aliphatic rings. The molecule has 0 radical (unpaired) electrons. The second-order valence-corrected chi connectivity index (χ2v) is 12.8. The number of carboxylic acids is 2. The largest absolute Gasteiger partial charge is 0.481 e. The standard InChI is InChI=1S/C37H68N4O14/c42-20-24-51-21-18-39-34(45)29-55-28-26-53-23-19-40-35(46)30-54-27-25-52-22-17-38-32(43)16-15-31(37(49)50)41-33(44)13-11-9-7-5-3-1-2-4-6-8-10-12-14-36(47)48/h31,42H,1-30H2,(H,38,43)(H,39,45)(H,40,46)(H,41,44)(H,47,48)(H,49,50). The van der Waals surface area contributed by atoms with Gasteiger partial charge in [0.05, 0.1) is 59.5 Å². The van der Waals surface area contributed by atoms with Gasteiger partial charge in [0.1, 0.15) is 19.3 Å². The number of aliphatic carboxylic acids is 2. The van der Waals surface area contributed by atoms with Gasteiger partial charge in [-0.2, -0.15) is 0 Å². The summed E-state index contributed by atoms with van der Waals surface area (Å²) in [6.45, 7) is 2.29. The van der Waals surface area contributed by atoms with E-state index in [0.29, 0.717) is 19.6 Å². The van der Waals surface area contributed by atoms with Crippen molar-refractivity contribution in [2.75, 3.05) is 92.3 Å². The number of hydrogen-bond acceptors (Lipinski definition) is 12. The first-order valence-electron chi connectivity index (χ1n) is 19.7. The number of aliphatic hydroxyl groups excluding tert-OH is 1. The smallest absolute Gasteiger partial charge is 0.326 e. The first kappa shape index (κ1) is 51.6. The van der Waals surface area contributed by atoms with Crippen molar-refractivity contribution in [2.24, 2.45) is 0 Å². The molecule has 0 aliphatic carbocycles. The lowest BCUT2D eigenvalue weighted by molar-refractivity contribution is -0.142. The lowest BCUT2D eigenvalue weighted by atomic mass is 10.0. The van der Waals surface area contributed by atoms with Crippen molar-refractivity contribution >= 4 is 35.6 Å². The van der Waals surface area contributed by atoms with Gasteiger partial charge in [-0.1, -0.05) is 64.2 Å². The maximum atomic E-state index is 12.3. The zero-order valence-corrected chi connectivity index (χ0v) is 32.6. The van der Waals surface area contributed by atoms with Gasteiger partial charge < -0.3 is 60.3 Å². The quantitative estimate of drug-likeness (QED) is 0.0431. The summed E-state index contributed by atoms with van der Waals surface area (Å²) in [5.74, 6) is -3.22. The summed E-state index contributed by atoms with van der Waals surface area (Å²) in [4.78, 5) is 69.9. The topological polar surface area (TPSA) is 257 Å². The van der Waals surface area contributed by atoms with Crippen molar-refractivity contribution in [1.29, 1.82) is 0 Å². The van der Waals surface area contributed by atoms with E-state index in [0.717, 1.165) is 51.4 Å². The van der Waals surface area contributed by atoms with Crippen molar-refractivity contribution in [3.8, 4) is 0 Å². The number of hydrogen-bond donors (Lipinski definition) is 7. The fourth-order valence-corrected chi connectivity index (χ4v) is 5.04. The van der Waals surface area contributed by atoms with Crippen molar-refractivity contribution in [1.82, 2.24) is 21.3 Å². The van der Waals surface area contributed by atoms with Crippen molar-refractivity contribution in [2.45, 2.75) is 109 Å². The predicted molar refractivity (Wildman–Crippen MR) is 201 cm³/mol. The van der Waals surface area contributed by atoms with Gasteiger partial charge in [-0.25, -0.2) is 4.79 Å². The number of nitrogens with one attached hydrogen (secondary N) is 4. The second kappa shape index (κ2) is 38.8. The molecule has 4 amide bonds. The maximum Gasteiger partial charge on any atom is 0.326 e. The lowest BCUT2D eigenvalue weighted by Gasteiger charge is -2.14. The number of unbranched alkanes of at least 4 members (excludes halogenated alkanes) is 11. The number of carbonyl (C=O) groups is 6. The average Bonchev–Trinajstić information content (AvgIpc) is 3.15. The minimum Gasteiger partial charge on any atom is -0.481 e. The Morgan fingerprint density at radius 1 is 0.436 bits per heavy atom. The van der Waals surface area contributed by atoms with E-state index in [4.69, 9.17) is 33.9 Å². The molecule has 0 aromatic heterocycles. The van der Waals surface area contributed by atoms with Crippen molar-refractivity contribution < 1.29 is 67.8 Å². The van der Waals surface area contributed by atoms with E-state index in [2.05, 4.69) is 21.3 Å². The summed E-state index contributed by atoms with van der Waals surface area (Å²) in [6.07, 6.45) is 12.7. The van der Waals surface area contributed by atoms with Crippen LogP contribution in [-0.4, -0.2) is 149 Å². The molecule has 0 aliphatic heterocycles. The molecular formula is C37H68N4O14. The van der Waals surface area contributed by atoms with Crippen LogP contribution in [0, 0.1) is 0 Å². The van der Waals surface area contributed by atoms with Gasteiger partial charge in [0.15, 0.2) is 0 Å². The first-order chi connectivity index (χ1) is 26.6. The Morgan fingerprint density at radius 2 is 0.836 bits per heavy atom. The van der Waals surface area contributed by atoms with Crippen LogP contribution in [0.3, 0.4) is 0 Å². The van der Waals surface area contributed by atoms with Crippen LogP contribution in [0.4, 0.5) is 0 Å². The highest BCUT2D eigenvalue weighted by Gasteiger charge is 2.20. The van der Waals surface area contributed by atoms with Gasteiger partial charge >= 0.3 is 11.9 Å². The fraction of sp³-hybridized carbons (Fsp3) is 0.838. The number of carboxylic acid groups (broad SMARTS) is 2. The lowest BCUT2D eigenvalue weighted by Crippen LogP contribution is -2.41. The van der Waals surface area contributed by atoms with E-state index in [1.54, 1.807) is 0 Å². The van der Waals surface area contributed by atoms with E-state index in [1.165, 1.54) is 19.3 Å². The van der Waals surface area contributed by atoms with E-state index < -0.39 is 18.0 Å². The summed E-state index contributed by atoms with van der Waals surface area (Å²) < 4.78 is 26.2. The number of rotatable bonds is 41. The molecule has 0 aromatic rings. The van der Waals surface area contributed by atoms with Crippen LogP contribution in [0.25, 0.3) is 0 Å². The minimum atomic E-state index is -1.19. The molecule has 0 fully saturated rings. The molecule has 0 bridgehead atoms. The zero-order chi connectivity index (χ0) is 40.6. The Balaban J connectivity index is 3.65. The summed E-state index contributed by atoms with van der Waals surface area (Å²) >= 11 is 0. The normalized spacial score (nSPS) is 11.5. The number of aliphatic hydroxyl groups is 1.